The smallest absolute Gasteiger partial charge is 0.00206 e. The Morgan fingerprint density at radius 3 is 2.29 bits per heavy atom. The zero-order valence-electron chi connectivity index (χ0n) is 10.3. The molecule has 0 heterocycles. The van der Waals surface area contributed by atoms with Crippen molar-refractivity contribution in [1.82, 2.24) is 0 Å². The van der Waals surface area contributed by atoms with Crippen LogP contribution in [0.2, 0.25) is 0 Å². The van der Waals surface area contributed by atoms with Gasteiger partial charge < -0.3 is 5.73 Å². The van der Waals surface area contributed by atoms with E-state index in [4.69, 9.17) is 5.73 Å². The first-order chi connectivity index (χ1) is 6.53. The molecule has 0 bridgehead atoms. The van der Waals surface area contributed by atoms with E-state index in [9.17, 15) is 0 Å². The molecule has 1 rings (SSSR count). The zero-order chi connectivity index (χ0) is 10.8. The third kappa shape index (κ3) is 2.31. The first kappa shape index (κ1) is 12.0. The maximum atomic E-state index is 5.93. The molecule has 1 heteroatoms. The number of rotatable bonds is 3. The maximum Gasteiger partial charge on any atom is -0.00206 e. The summed E-state index contributed by atoms with van der Waals surface area (Å²) in [6, 6.07) is 0. The quantitative estimate of drug-likeness (QED) is 0.737. The summed E-state index contributed by atoms with van der Waals surface area (Å²) in [4.78, 5) is 0. The molecule has 0 spiro atoms. The molecule has 0 saturated heterocycles. The van der Waals surface area contributed by atoms with Crippen LogP contribution < -0.4 is 5.73 Å². The molecule has 0 aliphatic heterocycles. The molecule has 84 valence electrons. The highest BCUT2D eigenvalue weighted by Gasteiger charge is 2.35. The standard InChI is InChI=1S/C13H27N/c1-5-13(4,9-14)12-7-6-10(2)11(3)8-12/h10-12H,5-9,14H2,1-4H3. The average Bonchev–Trinajstić information content (AvgIpc) is 2.21. The van der Waals surface area contributed by atoms with E-state index in [-0.39, 0.29) is 0 Å². The van der Waals surface area contributed by atoms with E-state index in [1.807, 2.05) is 0 Å². The van der Waals surface area contributed by atoms with Crippen LogP contribution in [0, 0.1) is 23.2 Å². The lowest BCUT2D eigenvalue weighted by Crippen LogP contribution is -2.38. The van der Waals surface area contributed by atoms with Crippen LogP contribution >= 0.6 is 0 Å². The van der Waals surface area contributed by atoms with Gasteiger partial charge in [-0.15, -0.1) is 0 Å². The van der Waals surface area contributed by atoms with Crippen LogP contribution in [0.3, 0.4) is 0 Å². The molecule has 0 radical (unpaired) electrons. The van der Waals surface area contributed by atoms with Crippen molar-refractivity contribution >= 4 is 0 Å². The van der Waals surface area contributed by atoms with Crippen LogP contribution in [0.4, 0.5) is 0 Å². The third-order valence-corrected chi connectivity index (χ3v) is 4.86. The Hall–Kier alpha value is -0.0400. The molecule has 0 amide bonds. The Balaban J connectivity index is 2.61. The van der Waals surface area contributed by atoms with Crippen LogP contribution in [0.5, 0.6) is 0 Å². The summed E-state index contributed by atoms with van der Waals surface area (Å²) >= 11 is 0. The molecule has 1 fully saturated rings. The van der Waals surface area contributed by atoms with Crippen LogP contribution in [-0.2, 0) is 0 Å². The summed E-state index contributed by atoms with van der Waals surface area (Å²) in [5.41, 5.74) is 6.33. The highest BCUT2D eigenvalue weighted by Crippen LogP contribution is 2.43. The fraction of sp³-hybridized carbons (Fsp3) is 1.00. The van der Waals surface area contributed by atoms with E-state index in [0.29, 0.717) is 5.41 Å². The molecule has 1 aliphatic rings. The Kier molecular flexibility index (Phi) is 4.00. The summed E-state index contributed by atoms with van der Waals surface area (Å²) in [5, 5.41) is 0. The molecule has 2 N–H and O–H groups in total. The van der Waals surface area contributed by atoms with Gasteiger partial charge in [-0.05, 0) is 49.0 Å². The zero-order valence-corrected chi connectivity index (χ0v) is 10.3. The van der Waals surface area contributed by atoms with E-state index in [0.717, 1.165) is 24.3 Å². The van der Waals surface area contributed by atoms with Crippen LogP contribution in [0.1, 0.15) is 53.4 Å². The Morgan fingerprint density at radius 1 is 1.21 bits per heavy atom. The van der Waals surface area contributed by atoms with Gasteiger partial charge in [0.2, 0.25) is 0 Å². The van der Waals surface area contributed by atoms with Crippen molar-refractivity contribution in [3.05, 3.63) is 0 Å². The van der Waals surface area contributed by atoms with Gasteiger partial charge in [0, 0.05) is 0 Å². The van der Waals surface area contributed by atoms with E-state index in [2.05, 4.69) is 27.7 Å². The lowest BCUT2D eigenvalue weighted by atomic mass is 9.64. The largest absolute Gasteiger partial charge is 0.330 e. The van der Waals surface area contributed by atoms with Crippen molar-refractivity contribution in [2.24, 2.45) is 28.9 Å². The van der Waals surface area contributed by atoms with Crippen molar-refractivity contribution in [3.8, 4) is 0 Å². The topological polar surface area (TPSA) is 26.0 Å². The van der Waals surface area contributed by atoms with Gasteiger partial charge >= 0.3 is 0 Å². The van der Waals surface area contributed by atoms with Crippen molar-refractivity contribution in [2.45, 2.75) is 53.4 Å². The van der Waals surface area contributed by atoms with Gasteiger partial charge in [-0.1, -0.05) is 34.1 Å². The predicted molar refractivity (Wildman–Crippen MR) is 63.1 cm³/mol. The highest BCUT2D eigenvalue weighted by atomic mass is 14.6. The van der Waals surface area contributed by atoms with Gasteiger partial charge in [0.15, 0.2) is 0 Å². The van der Waals surface area contributed by atoms with E-state index in [1.165, 1.54) is 25.7 Å². The molecular formula is C13H27N. The van der Waals surface area contributed by atoms with Gasteiger partial charge in [-0.25, -0.2) is 0 Å². The minimum atomic E-state index is 0.397. The first-order valence-corrected chi connectivity index (χ1v) is 6.23. The van der Waals surface area contributed by atoms with Crippen molar-refractivity contribution in [3.63, 3.8) is 0 Å². The Bertz CT molecular complexity index is 172. The molecule has 1 nitrogen and oxygen atoms in total. The predicted octanol–water partition coefficient (Wildman–Crippen LogP) is 3.43. The van der Waals surface area contributed by atoms with Crippen molar-refractivity contribution in [1.29, 1.82) is 0 Å². The fourth-order valence-electron chi connectivity index (χ4n) is 2.78. The molecule has 4 unspecified atom stereocenters. The lowest BCUT2D eigenvalue weighted by molar-refractivity contribution is 0.0887. The second-order valence-corrected chi connectivity index (χ2v) is 5.68. The first-order valence-electron chi connectivity index (χ1n) is 6.23. The molecule has 4 atom stereocenters. The van der Waals surface area contributed by atoms with Crippen molar-refractivity contribution < 1.29 is 0 Å². The SMILES string of the molecule is CCC(C)(CN)C1CCC(C)C(C)C1. The fourth-order valence-corrected chi connectivity index (χ4v) is 2.78. The van der Waals surface area contributed by atoms with Gasteiger partial charge in [0.25, 0.3) is 0 Å². The molecular weight excluding hydrogens is 170 g/mol. The van der Waals surface area contributed by atoms with Gasteiger partial charge in [-0.2, -0.15) is 0 Å². The van der Waals surface area contributed by atoms with E-state index < -0.39 is 0 Å². The second kappa shape index (κ2) is 4.65. The lowest BCUT2D eigenvalue weighted by Gasteiger charge is -2.42. The molecule has 1 saturated carbocycles. The number of hydrogen-bond acceptors (Lipinski definition) is 1. The van der Waals surface area contributed by atoms with Crippen LogP contribution in [0.15, 0.2) is 0 Å². The monoisotopic (exact) mass is 197 g/mol. The van der Waals surface area contributed by atoms with E-state index >= 15 is 0 Å². The summed E-state index contributed by atoms with van der Waals surface area (Å²) in [6.07, 6.45) is 5.42. The average molecular weight is 197 g/mol. The highest BCUT2D eigenvalue weighted by molar-refractivity contribution is 4.87. The molecule has 0 aromatic heterocycles. The maximum absolute atomic E-state index is 5.93. The van der Waals surface area contributed by atoms with Crippen LogP contribution in [0.25, 0.3) is 0 Å². The summed E-state index contributed by atoms with van der Waals surface area (Å²) < 4.78 is 0. The van der Waals surface area contributed by atoms with Crippen molar-refractivity contribution in [2.75, 3.05) is 6.54 Å². The summed E-state index contributed by atoms with van der Waals surface area (Å²) in [7, 11) is 0. The number of nitrogens with two attached hydrogens (primary N) is 1. The van der Waals surface area contributed by atoms with E-state index in [1.54, 1.807) is 0 Å². The normalized spacial score (nSPS) is 37.9. The Morgan fingerprint density at radius 2 is 1.86 bits per heavy atom. The van der Waals surface area contributed by atoms with Crippen LogP contribution in [-0.4, -0.2) is 6.54 Å². The summed E-state index contributed by atoms with van der Waals surface area (Å²) in [6.45, 7) is 10.3. The van der Waals surface area contributed by atoms with Gasteiger partial charge in [0.05, 0.1) is 0 Å². The van der Waals surface area contributed by atoms with Gasteiger partial charge in [-0.3, -0.25) is 0 Å². The number of hydrogen-bond donors (Lipinski definition) is 1. The molecule has 0 aromatic carbocycles. The third-order valence-electron chi connectivity index (χ3n) is 4.86. The second-order valence-electron chi connectivity index (χ2n) is 5.68. The minimum absolute atomic E-state index is 0.397. The van der Waals surface area contributed by atoms with Gasteiger partial charge in [0.1, 0.15) is 0 Å². The molecule has 0 aromatic rings. The molecule has 1 aliphatic carbocycles. The minimum Gasteiger partial charge on any atom is -0.330 e. The Labute approximate surface area is 89.5 Å². The summed E-state index contributed by atoms with van der Waals surface area (Å²) in [5.74, 6) is 2.68. The molecule has 14 heavy (non-hydrogen) atoms.